The van der Waals surface area contributed by atoms with E-state index in [2.05, 4.69) is 48.7 Å². The Morgan fingerprint density at radius 1 is 0.475 bits per heavy atom. The molecule has 662 valence electrons. The number of alkyl halides is 2. The SMILES string of the molecule is CB(O)N[C@@H](C=O)CC(=O)OC(C)(C)C.CB(O)N[C@@H](CO)CC(=O)OC(C)(C)C.CB(O)N[C@H](CC(=O)OC(C)(C)C)C(O)c1cc(N(CCCl)CCCl)ccc1C.CB(O)N[C@H](CC(=O)OC(C)(C)C)C(O)c1cc(N)ccc1C.CB(O)N[C@H](CC(=O)OC(C)(C)C)C(O)c1cc([N+](=O)[O-])ccc1C.Cc1ccc([N+](=O)[O-])cc1I. The number of nitrogen functional groups attached to an aromatic ring is 1. The Morgan fingerprint density at radius 3 is 1.08 bits per heavy atom. The minimum atomic E-state index is -1.23. The topological polar surface area (TPSA) is 506 Å². The van der Waals surface area contributed by atoms with E-state index in [0.29, 0.717) is 59.1 Å². The average molecular weight is 1820 g/mol. The maximum atomic E-state index is 12.3. The van der Waals surface area contributed by atoms with Crippen LogP contribution in [0.4, 0.5) is 22.7 Å². The Labute approximate surface area is 721 Å². The number of nitro groups is 2. The van der Waals surface area contributed by atoms with Crippen molar-refractivity contribution in [3.05, 3.63) is 136 Å². The fourth-order valence-corrected chi connectivity index (χ4v) is 11.5. The Bertz CT molecular complexity index is 3730. The Morgan fingerprint density at radius 2 is 0.771 bits per heavy atom. The summed E-state index contributed by atoms with van der Waals surface area (Å²) in [6, 6.07) is 16.5. The van der Waals surface area contributed by atoms with E-state index in [1.165, 1.54) is 51.6 Å². The molecule has 0 aliphatic carbocycles. The number of ether oxygens (including phenoxy) is 5. The van der Waals surface area contributed by atoms with Gasteiger partial charge in [-0.05, 0) is 251 Å². The van der Waals surface area contributed by atoms with Crippen molar-refractivity contribution in [3.8, 4) is 0 Å². The van der Waals surface area contributed by atoms with E-state index in [0.717, 1.165) is 25.9 Å². The van der Waals surface area contributed by atoms with Crippen molar-refractivity contribution in [2.75, 3.05) is 42.1 Å². The Balaban J connectivity index is 0. The number of carbonyl (C=O) groups excluding carboxylic acids is 6. The van der Waals surface area contributed by atoms with Gasteiger partial charge in [-0.3, -0.25) is 44.2 Å². The van der Waals surface area contributed by atoms with E-state index in [-0.39, 0.29) is 55.0 Å². The van der Waals surface area contributed by atoms with Crippen molar-refractivity contribution in [2.24, 2.45) is 0 Å². The summed E-state index contributed by atoms with van der Waals surface area (Å²) in [6.45, 7) is 42.4. The molecule has 3 unspecified atom stereocenters. The lowest BCUT2D eigenvalue weighted by Gasteiger charge is -2.29. The lowest BCUT2D eigenvalue weighted by atomic mass is 9.84. The van der Waals surface area contributed by atoms with Crippen molar-refractivity contribution in [1.82, 2.24) is 26.1 Å². The van der Waals surface area contributed by atoms with Gasteiger partial charge in [0.25, 0.3) is 11.4 Å². The molecule has 0 saturated carbocycles. The van der Waals surface area contributed by atoms with Crippen LogP contribution in [0.15, 0.2) is 72.8 Å². The number of aliphatic hydroxyl groups excluding tert-OH is 4. The molecule has 0 heterocycles. The van der Waals surface area contributed by atoms with E-state index in [9.17, 15) is 79.4 Å². The molecule has 4 rings (SSSR count). The lowest BCUT2D eigenvalue weighted by molar-refractivity contribution is -0.385. The van der Waals surface area contributed by atoms with Crippen molar-refractivity contribution in [3.63, 3.8) is 0 Å². The monoisotopic (exact) mass is 1820 g/mol. The highest BCUT2D eigenvalue weighted by Gasteiger charge is 2.34. The van der Waals surface area contributed by atoms with E-state index < -0.39 is 147 Å². The smallest absolute Gasteiger partial charge is 0.374 e. The molecule has 0 radical (unpaired) electrons. The predicted octanol–water partition coefficient (Wildman–Crippen LogP) is 8.53. The second-order valence-corrected chi connectivity index (χ2v) is 34.9. The number of hydrogen-bond donors (Lipinski definition) is 15. The van der Waals surface area contributed by atoms with Crippen molar-refractivity contribution >= 4 is 140 Å². The minimum absolute atomic E-state index is 0.0403. The molecule has 33 nitrogen and oxygen atoms in total. The number of non-ortho nitro benzene ring substituents is 2. The van der Waals surface area contributed by atoms with Crippen LogP contribution in [0.25, 0.3) is 0 Å². The van der Waals surface area contributed by atoms with Gasteiger partial charge in [0, 0.05) is 88.2 Å². The molecule has 0 aliphatic heterocycles. The maximum Gasteiger partial charge on any atom is 0.374 e. The number of carbonyl (C=O) groups is 6. The summed E-state index contributed by atoms with van der Waals surface area (Å²) < 4.78 is 27.0. The first-order valence-corrected chi connectivity index (χ1v) is 40.5. The number of esters is 5. The first kappa shape index (κ1) is 113. The molecule has 0 fully saturated rings. The first-order valence-electron chi connectivity index (χ1n) is 38.4. The van der Waals surface area contributed by atoms with Crippen LogP contribution in [0.5, 0.6) is 0 Å². The van der Waals surface area contributed by atoms with E-state index >= 15 is 0 Å². The number of aliphatic hydroxyl groups is 4. The molecule has 41 heteroatoms. The molecule has 8 atom stereocenters. The predicted molar refractivity (Wildman–Crippen MR) is 473 cm³/mol. The third-order valence-electron chi connectivity index (χ3n) is 15.3. The number of nitrogens with zero attached hydrogens (tertiary/aromatic N) is 3. The number of aryl methyl sites for hydroxylation is 4. The van der Waals surface area contributed by atoms with Gasteiger partial charge in [0.05, 0.1) is 72.9 Å². The van der Waals surface area contributed by atoms with Gasteiger partial charge in [0.2, 0.25) is 0 Å². The zero-order valence-electron chi connectivity index (χ0n) is 72.8. The number of nitro benzene ring substituents is 2. The molecule has 118 heavy (non-hydrogen) atoms. The highest BCUT2D eigenvalue weighted by molar-refractivity contribution is 14.1. The molecule has 0 aliphatic rings. The van der Waals surface area contributed by atoms with E-state index in [1.807, 2.05) is 43.9 Å². The van der Waals surface area contributed by atoms with Crippen LogP contribution in [0, 0.1) is 51.5 Å². The highest BCUT2D eigenvalue weighted by atomic mass is 127. The molecule has 0 aromatic heterocycles. The summed E-state index contributed by atoms with van der Waals surface area (Å²) >= 11 is 13.9. The zero-order chi connectivity index (χ0) is 91.9. The van der Waals surface area contributed by atoms with Crippen LogP contribution in [-0.4, -0.2) is 216 Å². The molecular formula is C77H129B5Cl2IN9O24. The standard InChI is InChI=1S/C20H33BCl2N2O4.C16H25BN2O6.C16H27BN2O4.C9H20BNO4.C9H18BNO4.C7H6INO2/c1-14-6-7-15(25(10-8-22)11-9-23)12-16(14)19(27)17(24-21(5)28)13-18(26)29-20(2,3)4;1-10-6-7-11(19(23)24)8-12(10)15(21)13(18-17(5)22)9-14(20)25-16(2,3)4;1-10-6-7-11(18)8-12(10)15(21)13(19-17(5)22)9-14(20)23-16(2,3)4;2*1-9(2,3)15-8(13)5-7(6-12)11-10(4)14;1-5-2-3-6(9(10)11)4-7(5)8/h6-7,12,17,19,24,27-28H,8-11,13H2,1-5H3;6-8,13,15,18,21-22H,9H2,1-5H3;6-8,13,15,19,21-22H,9,18H2,1-5H3;7,11-12,14H,5-6H2,1-4H3;6-7,11,14H,5H2,1-4H3;2-4H,1H3/t17-,19?;2*13-,15?;2*7-;/m11111./s1. The van der Waals surface area contributed by atoms with Crippen LogP contribution in [0.1, 0.15) is 193 Å². The number of anilines is 2. The Hall–Kier alpha value is -6.63. The second kappa shape index (κ2) is 54.7. The normalized spacial score (nSPS) is 13.4. The third kappa shape index (κ3) is 52.5. The first-order chi connectivity index (χ1) is 54.0. The van der Waals surface area contributed by atoms with Gasteiger partial charge in [0.15, 0.2) is 0 Å². The van der Waals surface area contributed by atoms with Crippen LogP contribution in [-0.2, 0) is 52.5 Å². The molecule has 0 spiro atoms. The molecule has 16 N–H and O–H groups in total. The maximum absolute atomic E-state index is 12.3. The molecule has 0 amide bonds. The molecular weight excluding hydrogens is 1690 g/mol. The van der Waals surface area contributed by atoms with Crippen LogP contribution < -0.4 is 36.8 Å². The molecule has 4 aromatic carbocycles. The lowest BCUT2D eigenvalue weighted by Crippen LogP contribution is -2.45. The largest absolute Gasteiger partial charge is 0.460 e. The average Bonchev–Trinajstić information content (AvgIpc) is 0.825. The fraction of sp³-hybridized carbons (Fsp3) is 0.610. The van der Waals surface area contributed by atoms with Crippen molar-refractivity contribution in [1.29, 1.82) is 0 Å². The summed E-state index contributed by atoms with van der Waals surface area (Å²) in [5, 5.41) is 123. The Kier molecular flexibility index (Phi) is 52.6. The summed E-state index contributed by atoms with van der Waals surface area (Å²) in [5.41, 5.74) is 9.22. The van der Waals surface area contributed by atoms with Crippen LogP contribution in [0.2, 0.25) is 34.1 Å². The summed E-state index contributed by atoms with van der Waals surface area (Å²) in [7, 11) is -4.35. The number of hydrogen-bond acceptors (Lipinski definition) is 31. The molecule has 0 bridgehead atoms. The number of aldehydes is 1. The number of rotatable bonds is 35. The molecule has 0 saturated heterocycles. The third-order valence-corrected chi connectivity index (χ3v) is 16.8. The fourth-order valence-electron chi connectivity index (χ4n) is 10.6. The van der Waals surface area contributed by atoms with Gasteiger partial charge in [-0.1, -0.05) is 24.3 Å². The van der Waals surface area contributed by atoms with Gasteiger partial charge in [-0.2, -0.15) is 0 Å². The zero-order valence-corrected chi connectivity index (χ0v) is 76.5. The number of nitrogens with two attached hydrogens (primary N) is 1. The van der Waals surface area contributed by atoms with E-state index in [4.69, 9.17) is 67.8 Å². The van der Waals surface area contributed by atoms with Crippen molar-refractivity contribution in [2.45, 2.75) is 274 Å². The minimum Gasteiger partial charge on any atom is -0.460 e. The van der Waals surface area contributed by atoms with Gasteiger partial charge in [0.1, 0.15) is 34.3 Å². The summed E-state index contributed by atoms with van der Waals surface area (Å²) in [4.78, 5) is 92.0. The van der Waals surface area contributed by atoms with Crippen LogP contribution >= 0.6 is 45.8 Å². The van der Waals surface area contributed by atoms with Crippen molar-refractivity contribution < 1.29 is 108 Å². The van der Waals surface area contributed by atoms with Gasteiger partial charge in [-0.25, -0.2) is 0 Å². The quantitative estimate of drug-likeness (QED) is 0.00236. The number of benzene rings is 4. The van der Waals surface area contributed by atoms with Crippen LogP contribution in [0.3, 0.4) is 0 Å². The number of nitrogens with one attached hydrogen (secondary N) is 5. The van der Waals surface area contributed by atoms with Gasteiger partial charge >= 0.3 is 65.1 Å². The highest BCUT2D eigenvalue weighted by Crippen LogP contribution is 2.31. The van der Waals surface area contributed by atoms with Gasteiger partial charge in [-0.15, -0.1) is 23.2 Å². The number of halogens is 3. The van der Waals surface area contributed by atoms with Gasteiger partial charge < -0.3 is 111 Å². The second-order valence-electron chi connectivity index (χ2n) is 33.0. The van der Waals surface area contributed by atoms with E-state index in [1.54, 1.807) is 148 Å². The summed E-state index contributed by atoms with van der Waals surface area (Å²) in [6.07, 6.45) is -3.07. The molecule has 4 aromatic rings. The summed E-state index contributed by atoms with van der Waals surface area (Å²) in [5.74, 6) is -1.40.